The van der Waals surface area contributed by atoms with Crippen molar-refractivity contribution in [2.45, 2.75) is 18.9 Å². The zero-order chi connectivity index (χ0) is 13.8. The Balaban J connectivity index is 1.42. The average molecular weight is 274 g/mol. The molecule has 0 atom stereocenters. The van der Waals surface area contributed by atoms with Crippen molar-refractivity contribution in [2.75, 3.05) is 39.3 Å². The maximum atomic E-state index is 12.2. The zero-order valence-electron chi connectivity index (χ0n) is 11.8. The van der Waals surface area contributed by atoms with Crippen molar-refractivity contribution in [1.82, 2.24) is 20.1 Å². The van der Waals surface area contributed by atoms with Gasteiger partial charge in [-0.05, 0) is 24.1 Å². The van der Waals surface area contributed by atoms with Crippen molar-refractivity contribution >= 4 is 5.91 Å². The minimum absolute atomic E-state index is 0.285. The summed E-state index contributed by atoms with van der Waals surface area (Å²) in [5.41, 5.74) is 1.19. The van der Waals surface area contributed by atoms with Crippen LogP contribution in [0.2, 0.25) is 0 Å². The van der Waals surface area contributed by atoms with Gasteiger partial charge in [-0.2, -0.15) is 0 Å². The molecular weight excluding hydrogens is 252 g/mol. The van der Waals surface area contributed by atoms with Crippen LogP contribution in [0.4, 0.5) is 0 Å². The first-order valence-corrected chi connectivity index (χ1v) is 7.44. The Hall–Kier alpha value is -1.46. The van der Waals surface area contributed by atoms with Crippen LogP contribution in [0.15, 0.2) is 24.5 Å². The predicted molar refractivity (Wildman–Crippen MR) is 77.4 cm³/mol. The molecule has 0 saturated carbocycles. The molecule has 1 N–H and O–H groups in total. The maximum absolute atomic E-state index is 12.2. The van der Waals surface area contributed by atoms with Crippen molar-refractivity contribution in [3.8, 4) is 0 Å². The molecule has 0 aromatic carbocycles. The number of carbonyl (C=O) groups is 1. The van der Waals surface area contributed by atoms with Gasteiger partial charge >= 0.3 is 0 Å². The first-order valence-electron chi connectivity index (χ1n) is 7.44. The number of piperazine rings is 1. The van der Waals surface area contributed by atoms with E-state index in [1.165, 1.54) is 5.56 Å². The number of nitrogens with zero attached hydrogens (tertiary/aromatic N) is 3. The summed E-state index contributed by atoms with van der Waals surface area (Å²) in [6.07, 6.45) is 4.99. The van der Waals surface area contributed by atoms with Gasteiger partial charge in [-0.1, -0.05) is 0 Å². The molecule has 3 rings (SSSR count). The highest BCUT2D eigenvalue weighted by Crippen LogP contribution is 2.11. The summed E-state index contributed by atoms with van der Waals surface area (Å²) in [7, 11) is 0. The van der Waals surface area contributed by atoms with Crippen molar-refractivity contribution < 1.29 is 4.79 Å². The molecule has 2 saturated heterocycles. The minimum Gasteiger partial charge on any atom is -0.340 e. The van der Waals surface area contributed by atoms with Crippen molar-refractivity contribution in [2.24, 2.45) is 0 Å². The van der Waals surface area contributed by atoms with Gasteiger partial charge in [0.15, 0.2) is 0 Å². The summed E-state index contributed by atoms with van der Waals surface area (Å²) >= 11 is 0. The number of amides is 1. The third kappa shape index (κ3) is 3.16. The molecule has 5 heteroatoms. The summed E-state index contributed by atoms with van der Waals surface area (Å²) in [6.45, 7) is 6.02. The molecule has 0 unspecified atom stereocenters. The Morgan fingerprint density at radius 2 is 1.90 bits per heavy atom. The van der Waals surface area contributed by atoms with Gasteiger partial charge in [-0.25, -0.2) is 0 Å². The lowest BCUT2D eigenvalue weighted by molar-refractivity contribution is -0.133. The molecule has 1 aromatic heterocycles. The normalized spacial score (nSPS) is 20.7. The Morgan fingerprint density at radius 1 is 1.20 bits per heavy atom. The van der Waals surface area contributed by atoms with Crippen LogP contribution < -0.4 is 5.32 Å². The molecule has 5 nitrogen and oxygen atoms in total. The van der Waals surface area contributed by atoms with Crippen LogP contribution in [0, 0.1) is 0 Å². The van der Waals surface area contributed by atoms with Crippen LogP contribution in [0.5, 0.6) is 0 Å². The minimum atomic E-state index is 0.285. The van der Waals surface area contributed by atoms with Gasteiger partial charge in [0.25, 0.3) is 0 Å². The lowest BCUT2D eigenvalue weighted by atomic mass is 10.1. The monoisotopic (exact) mass is 274 g/mol. The number of hydrogen-bond acceptors (Lipinski definition) is 4. The van der Waals surface area contributed by atoms with E-state index in [2.05, 4.69) is 15.2 Å². The Kier molecular flexibility index (Phi) is 4.28. The summed E-state index contributed by atoms with van der Waals surface area (Å²) in [5, 5.41) is 3.30. The fourth-order valence-corrected chi connectivity index (χ4v) is 2.83. The highest BCUT2D eigenvalue weighted by molar-refractivity contribution is 5.76. The molecule has 108 valence electrons. The van der Waals surface area contributed by atoms with Gasteiger partial charge < -0.3 is 10.2 Å². The lowest BCUT2D eigenvalue weighted by Crippen LogP contribution is -2.62. The number of carbonyl (C=O) groups excluding carboxylic acids is 1. The second kappa shape index (κ2) is 6.33. The van der Waals surface area contributed by atoms with E-state index in [1.807, 2.05) is 17.0 Å². The van der Waals surface area contributed by atoms with Gasteiger partial charge in [0, 0.05) is 64.1 Å². The molecule has 0 radical (unpaired) electrons. The quantitative estimate of drug-likeness (QED) is 0.848. The summed E-state index contributed by atoms with van der Waals surface area (Å²) in [5.74, 6) is 0.285. The molecule has 3 heterocycles. The van der Waals surface area contributed by atoms with E-state index in [4.69, 9.17) is 0 Å². The molecule has 2 aliphatic heterocycles. The van der Waals surface area contributed by atoms with Crippen LogP contribution >= 0.6 is 0 Å². The van der Waals surface area contributed by atoms with Crippen molar-refractivity contribution in [1.29, 1.82) is 0 Å². The number of pyridine rings is 1. The summed E-state index contributed by atoms with van der Waals surface area (Å²) < 4.78 is 0. The Bertz CT molecular complexity index is 438. The number of aryl methyl sites for hydroxylation is 1. The largest absolute Gasteiger partial charge is 0.340 e. The van der Waals surface area contributed by atoms with Gasteiger partial charge in [0.2, 0.25) is 5.91 Å². The average Bonchev–Trinajstić information content (AvgIpc) is 2.45. The molecule has 1 amide bonds. The van der Waals surface area contributed by atoms with Gasteiger partial charge in [-0.15, -0.1) is 0 Å². The van der Waals surface area contributed by atoms with E-state index < -0.39 is 0 Å². The molecule has 0 aliphatic carbocycles. The standard InChI is InChI=1S/C15H22N4O/c20-15(2-1-13-3-5-16-6-4-13)19-9-7-18(8-10-19)14-11-17-12-14/h3-6,14,17H,1-2,7-12H2. The SMILES string of the molecule is O=C(CCc1ccncc1)N1CCN(C2CNC2)CC1. The van der Waals surface area contributed by atoms with E-state index in [9.17, 15) is 4.79 Å². The second-order valence-corrected chi connectivity index (χ2v) is 5.58. The number of rotatable bonds is 4. The maximum Gasteiger partial charge on any atom is 0.222 e. The summed E-state index contributed by atoms with van der Waals surface area (Å²) in [6, 6.07) is 4.66. The Labute approximate surface area is 120 Å². The fraction of sp³-hybridized carbons (Fsp3) is 0.600. The summed E-state index contributed by atoms with van der Waals surface area (Å²) in [4.78, 5) is 20.7. The lowest BCUT2D eigenvalue weighted by Gasteiger charge is -2.43. The number of aromatic nitrogens is 1. The molecule has 20 heavy (non-hydrogen) atoms. The molecular formula is C15H22N4O. The Morgan fingerprint density at radius 3 is 2.50 bits per heavy atom. The molecule has 2 aliphatic rings. The van der Waals surface area contributed by atoms with Crippen molar-refractivity contribution in [3.63, 3.8) is 0 Å². The van der Waals surface area contributed by atoms with E-state index in [0.29, 0.717) is 12.5 Å². The third-order valence-electron chi connectivity index (χ3n) is 4.32. The molecule has 0 bridgehead atoms. The molecule has 1 aromatic rings. The smallest absolute Gasteiger partial charge is 0.222 e. The van der Waals surface area contributed by atoms with E-state index in [-0.39, 0.29) is 5.91 Å². The number of hydrogen-bond donors (Lipinski definition) is 1. The highest BCUT2D eigenvalue weighted by Gasteiger charge is 2.28. The van der Waals surface area contributed by atoms with Crippen LogP contribution in [0.1, 0.15) is 12.0 Å². The second-order valence-electron chi connectivity index (χ2n) is 5.58. The zero-order valence-corrected chi connectivity index (χ0v) is 11.8. The fourth-order valence-electron chi connectivity index (χ4n) is 2.83. The highest BCUT2D eigenvalue weighted by atomic mass is 16.2. The molecule has 2 fully saturated rings. The van der Waals surface area contributed by atoms with Gasteiger partial charge in [0.1, 0.15) is 0 Å². The third-order valence-corrected chi connectivity index (χ3v) is 4.32. The van der Waals surface area contributed by atoms with Crippen LogP contribution in [0.3, 0.4) is 0 Å². The van der Waals surface area contributed by atoms with E-state index >= 15 is 0 Å². The van der Waals surface area contributed by atoms with E-state index in [1.54, 1.807) is 12.4 Å². The van der Waals surface area contributed by atoms with Crippen molar-refractivity contribution in [3.05, 3.63) is 30.1 Å². The first-order chi connectivity index (χ1) is 9.83. The van der Waals surface area contributed by atoms with Crippen LogP contribution in [0.25, 0.3) is 0 Å². The topological polar surface area (TPSA) is 48.5 Å². The van der Waals surface area contributed by atoms with Crippen LogP contribution in [-0.2, 0) is 11.2 Å². The van der Waals surface area contributed by atoms with E-state index in [0.717, 1.165) is 45.7 Å². The molecule has 0 spiro atoms. The number of nitrogens with one attached hydrogen (secondary N) is 1. The van der Waals surface area contributed by atoms with Gasteiger partial charge in [0.05, 0.1) is 0 Å². The predicted octanol–water partition coefficient (Wildman–Crippen LogP) is 0.130. The van der Waals surface area contributed by atoms with Crippen LogP contribution in [-0.4, -0.2) is 66.0 Å². The first kappa shape index (κ1) is 13.5. The van der Waals surface area contributed by atoms with Gasteiger partial charge in [-0.3, -0.25) is 14.7 Å².